The number of aliphatic carboxylic acids is 1. The van der Waals surface area contributed by atoms with E-state index >= 15 is 0 Å². The SMILES string of the molecule is Cc1cc(=O)n(CC(=O)O)c(O)c1S(=O)(=O)O. The highest BCUT2D eigenvalue weighted by Gasteiger charge is 2.23. The van der Waals surface area contributed by atoms with Crippen molar-refractivity contribution in [3.8, 4) is 5.88 Å². The summed E-state index contributed by atoms with van der Waals surface area (Å²) in [6.07, 6.45) is 0. The molecule has 0 aliphatic carbocycles. The van der Waals surface area contributed by atoms with Gasteiger partial charge in [0.25, 0.3) is 15.7 Å². The topological polar surface area (TPSA) is 134 Å². The fourth-order valence-electron chi connectivity index (χ4n) is 1.34. The minimum atomic E-state index is -4.74. The lowest BCUT2D eigenvalue weighted by molar-refractivity contribution is -0.137. The Kier molecular flexibility index (Phi) is 3.25. The Labute approximate surface area is 95.5 Å². The summed E-state index contributed by atoms with van der Waals surface area (Å²) in [5.74, 6) is -2.53. The van der Waals surface area contributed by atoms with Crippen LogP contribution < -0.4 is 5.56 Å². The zero-order chi connectivity index (χ0) is 13.4. The maximum absolute atomic E-state index is 11.3. The van der Waals surface area contributed by atoms with Crippen LogP contribution in [0.25, 0.3) is 0 Å². The van der Waals surface area contributed by atoms with E-state index in [1.165, 1.54) is 6.92 Å². The quantitative estimate of drug-likeness (QED) is 0.607. The Morgan fingerprint density at radius 3 is 2.41 bits per heavy atom. The van der Waals surface area contributed by atoms with Gasteiger partial charge in [-0.05, 0) is 12.5 Å². The van der Waals surface area contributed by atoms with Crippen LogP contribution in [0.5, 0.6) is 5.88 Å². The van der Waals surface area contributed by atoms with Gasteiger partial charge < -0.3 is 10.2 Å². The molecule has 0 aliphatic heterocycles. The van der Waals surface area contributed by atoms with E-state index in [-0.39, 0.29) is 5.56 Å². The highest BCUT2D eigenvalue weighted by atomic mass is 32.2. The van der Waals surface area contributed by atoms with Gasteiger partial charge in [-0.1, -0.05) is 0 Å². The monoisotopic (exact) mass is 263 g/mol. The number of rotatable bonds is 3. The molecule has 1 aromatic rings. The predicted octanol–water partition coefficient (Wildman–Crippen LogP) is -0.806. The van der Waals surface area contributed by atoms with E-state index in [0.717, 1.165) is 6.07 Å². The van der Waals surface area contributed by atoms with Crippen LogP contribution in [-0.4, -0.2) is 33.7 Å². The Morgan fingerprint density at radius 1 is 1.47 bits per heavy atom. The molecule has 0 radical (unpaired) electrons. The molecule has 1 aromatic heterocycles. The van der Waals surface area contributed by atoms with E-state index in [9.17, 15) is 23.1 Å². The maximum atomic E-state index is 11.3. The molecule has 0 unspecified atom stereocenters. The van der Waals surface area contributed by atoms with Crippen molar-refractivity contribution in [2.45, 2.75) is 18.4 Å². The number of carboxylic acid groups (broad SMARTS) is 1. The zero-order valence-electron chi connectivity index (χ0n) is 8.61. The second-order valence-electron chi connectivity index (χ2n) is 3.27. The third-order valence-corrected chi connectivity index (χ3v) is 2.99. The van der Waals surface area contributed by atoms with E-state index in [1.54, 1.807) is 0 Å². The minimum Gasteiger partial charge on any atom is -0.493 e. The molecule has 0 amide bonds. The molecule has 0 fully saturated rings. The lowest BCUT2D eigenvalue weighted by Gasteiger charge is -2.10. The molecule has 1 rings (SSSR count). The zero-order valence-corrected chi connectivity index (χ0v) is 9.43. The first-order valence-electron chi connectivity index (χ1n) is 4.27. The summed E-state index contributed by atoms with van der Waals surface area (Å²) in [4.78, 5) is 20.9. The molecule has 9 heteroatoms. The Morgan fingerprint density at radius 2 is 2.00 bits per heavy atom. The third-order valence-electron chi connectivity index (χ3n) is 1.97. The highest BCUT2D eigenvalue weighted by Crippen LogP contribution is 2.23. The van der Waals surface area contributed by atoms with Gasteiger partial charge in [-0.15, -0.1) is 0 Å². The molecule has 1 heterocycles. The summed E-state index contributed by atoms with van der Waals surface area (Å²) in [6.45, 7) is 0.281. The fraction of sp³-hybridized carbons (Fsp3) is 0.250. The van der Waals surface area contributed by atoms with Gasteiger partial charge in [0.15, 0.2) is 4.90 Å². The molecular weight excluding hydrogens is 254 g/mol. The van der Waals surface area contributed by atoms with Crippen LogP contribution in [0.4, 0.5) is 0 Å². The normalized spacial score (nSPS) is 11.4. The lowest BCUT2D eigenvalue weighted by atomic mass is 10.3. The third kappa shape index (κ3) is 2.63. The Bertz CT molecular complexity index is 628. The highest BCUT2D eigenvalue weighted by molar-refractivity contribution is 7.86. The number of aryl methyl sites for hydroxylation is 1. The first-order valence-corrected chi connectivity index (χ1v) is 5.71. The average molecular weight is 263 g/mol. The summed E-state index contributed by atoms with van der Waals surface area (Å²) >= 11 is 0. The van der Waals surface area contributed by atoms with E-state index in [2.05, 4.69) is 0 Å². The van der Waals surface area contributed by atoms with Crippen LogP contribution in [-0.2, 0) is 21.5 Å². The number of hydrogen-bond donors (Lipinski definition) is 3. The molecule has 0 saturated carbocycles. The van der Waals surface area contributed by atoms with Crippen LogP contribution in [0.2, 0.25) is 0 Å². The van der Waals surface area contributed by atoms with Crippen molar-refractivity contribution in [2.24, 2.45) is 0 Å². The van der Waals surface area contributed by atoms with Crippen LogP contribution in [0.15, 0.2) is 15.8 Å². The second-order valence-corrected chi connectivity index (χ2v) is 4.63. The van der Waals surface area contributed by atoms with Gasteiger partial charge in [0, 0.05) is 6.07 Å². The first-order chi connectivity index (χ1) is 7.64. The summed E-state index contributed by atoms with van der Waals surface area (Å²) < 4.78 is 31.1. The van der Waals surface area contributed by atoms with Gasteiger partial charge in [-0.3, -0.25) is 18.7 Å². The van der Waals surface area contributed by atoms with Gasteiger partial charge in [0.2, 0.25) is 5.88 Å². The van der Waals surface area contributed by atoms with Crippen molar-refractivity contribution < 1.29 is 28.0 Å². The molecule has 0 saturated heterocycles. The van der Waals surface area contributed by atoms with Gasteiger partial charge in [-0.25, -0.2) is 0 Å². The van der Waals surface area contributed by atoms with Crippen molar-refractivity contribution in [2.75, 3.05) is 0 Å². The molecular formula is C8H9NO7S. The number of hydrogen-bond acceptors (Lipinski definition) is 5. The van der Waals surface area contributed by atoms with Crippen molar-refractivity contribution in [3.63, 3.8) is 0 Å². The van der Waals surface area contributed by atoms with Crippen molar-refractivity contribution >= 4 is 16.1 Å². The van der Waals surface area contributed by atoms with Crippen LogP contribution >= 0.6 is 0 Å². The number of aromatic hydroxyl groups is 1. The first kappa shape index (κ1) is 13.2. The molecule has 0 bridgehead atoms. The van der Waals surface area contributed by atoms with Gasteiger partial charge in [0.05, 0.1) is 0 Å². The lowest BCUT2D eigenvalue weighted by Crippen LogP contribution is -2.25. The average Bonchev–Trinajstić information content (AvgIpc) is 2.08. The molecule has 0 aliphatic rings. The summed E-state index contributed by atoms with van der Waals surface area (Å²) in [5, 5.41) is 18.0. The molecule has 0 spiro atoms. The Balaban J connectivity index is 3.66. The van der Waals surface area contributed by atoms with E-state index in [4.69, 9.17) is 9.66 Å². The smallest absolute Gasteiger partial charge is 0.323 e. The largest absolute Gasteiger partial charge is 0.493 e. The number of pyridine rings is 1. The van der Waals surface area contributed by atoms with E-state index in [0.29, 0.717) is 4.57 Å². The second kappa shape index (κ2) is 4.18. The number of nitrogens with zero attached hydrogens (tertiary/aromatic N) is 1. The molecule has 94 valence electrons. The fourth-order valence-corrected chi connectivity index (χ4v) is 2.15. The Hall–Kier alpha value is -1.87. The van der Waals surface area contributed by atoms with Gasteiger partial charge in [-0.2, -0.15) is 8.42 Å². The van der Waals surface area contributed by atoms with E-state index in [1.807, 2.05) is 0 Å². The number of carbonyl (C=O) groups is 1. The van der Waals surface area contributed by atoms with Crippen molar-refractivity contribution in [1.82, 2.24) is 4.57 Å². The van der Waals surface area contributed by atoms with Gasteiger partial charge >= 0.3 is 5.97 Å². The van der Waals surface area contributed by atoms with E-state index < -0.39 is 39.0 Å². The summed E-state index contributed by atoms with van der Waals surface area (Å²) in [6, 6.07) is 0.811. The van der Waals surface area contributed by atoms with Crippen LogP contribution in [0.1, 0.15) is 5.56 Å². The molecule has 3 N–H and O–H groups in total. The molecule has 17 heavy (non-hydrogen) atoms. The molecule has 0 atom stereocenters. The minimum absolute atomic E-state index is 0.170. The molecule has 8 nitrogen and oxygen atoms in total. The van der Waals surface area contributed by atoms with Crippen LogP contribution in [0, 0.1) is 6.92 Å². The van der Waals surface area contributed by atoms with Gasteiger partial charge in [0.1, 0.15) is 6.54 Å². The van der Waals surface area contributed by atoms with Crippen molar-refractivity contribution in [3.05, 3.63) is 22.0 Å². The predicted molar refractivity (Wildman–Crippen MR) is 54.6 cm³/mol. The summed E-state index contributed by atoms with van der Waals surface area (Å²) in [7, 11) is -4.74. The number of aromatic nitrogens is 1. The number of carboxylic acids is 1. The van der Waals surface area contributed by atoms with Crippen molar-refractivity contribution in [1.29, 1.82) is 0 Å². The standard InChI is InChI=1S/C8H9NO7S/c1-4-2-5(10)9(3-6(11)12)8(13)7(4)17(14,15)16/h2,13H,3H2,1H3,(H,11,12)(H,14,15,16). The van der Waals surface area contributed by atoms with Crippen LogP contribution in [0.3, 0.4) is 0 Å². The molecule has 0 aromatic carbocycles. The maximum Gasteiger partial charge on any atom is 0.323 e. The summed E-state index contributed by atoms with van der Waals surface area (Å²) in [5.41, 5.74) is -1.05.